The molecule has 0 amide bonds. The lowest BCUT2D eigenvalue weighted by molar-refractivity contribution is 0.156. The van der Waals surface area contributed by atoms with Crippen molar-refractivity contribution in [1.29, 1.82) is 0 Å². The summed E-state index contributed by atoms with van der Waals surface area (Å²) in [6.07, 6.45) is 4.21. The Morgan fingerprint density at radius 1 is 1.36 bits per heavy atom. The molecule has 2 fully saturated rings. The first-order valence-corrected chi connectivity index (χ1v) is 6.80. The van der Waals surface area contributed by atoms with Gasteiger partial charge in [0.2, 0.25) is 0 Å². The zero-order chi connectivity index (χ0) is 10.4. The highest BCUT2D eigenvalue weighted by Gasteiger charge is 2.61. The molecule has 2 rings (SSSR count). The number of aliphatic hydroxyl groups excluding tert-OH is 1. The summed E-state index contributed by atoms with van der Waals surface area (Å²) >= 11 is 2.00. The van der Waals surface area contributed by atoms with Crippen LogP contribution in [-0.2, 0) is 0 Å². The molecule has 0 saturated heterocycles. The molecule has 2 aliphatic carbocycles. The molecule has 0 radical (unpaired) electrons. The second kappa shape index (κ2) is 3.41. The minimum Gasteiger partial charge on any atom is -0.396 e. The average Bonchev–Trinajstić information content (AvgIpc) is 2.46. The molecule has 82 valence electrons. The zero-order valence-electron chi connectivity index (χ0n) is 9.55. The molecule has 2 bridgehead atoms. The van der Waals surface area contributed by atoms with E-state index in [1.54, 1.807) is 0 Å². The topological polar surface area (TPSA) is 20.2 Å². The van der Waals surface area contributed by atoms with Gasteiger partial charge < -0.3 is 5.11 Å². The van der Waals surface area contributed by atoms with E-state index in [1.165, 1.54) is 19.3 Å². The van der Waals surface area contributed by atoms with Gasteiger partial charge in [-0.3, -0.25) is 0 Å². The molecule has 0 aromatic rings. The van der Waals surface area contributed by atoms with E-state index < -0.39 is 0 Å². The molecule has 2 saturated carbocycles. The first kappa shape index (κ1) is 10.8. The van der Waals surface area contributed by atoms with Crippen LogP contribution in [0.2, 0.25) is 0 Å². The first-order valence-electron chi connectivity index (χ1n) is 5.75. The standard InChI is InChI=1S/C12H22OS/c1-11(2)9-4-5-12(11,3)10(8-9)14-7-6-13/h9-10,13H,4-8H2,1-3H3/t9?,10-,12?/m1/s1. The van der Waals surface area contributed by atoms with Gasteiger partial charge in [-0.05, 0) is 36.0 Å². The number of hydrogen-bond donors (Lipinski definition) is 1. The van der Waals surface area contributed by atoms with E-state index in [1.807, 2.05) is 11.8 Å². The van der Waals surface area contributed by atoms with Crippen LogP contribution in [0.3, 0.4) is 0 Å². The summed E-state index contributed by atoms with van der Waals surface area (Å²) in [5.74, 6) is 1.85. The smallest absolute Gasteiger partial charge is 0.0521 e. The second-order valence-electron chi connectivity index (χ2n) is 5.69. The molecule has 1 nitrogen and oxygen atoms in total. The molecule has 1 N–H and O–H groups in total. The Hall–Kier alpha value is 0.310. The fraction of sp³-hybridized carbons (Fsp3) is 1.00. The van der Waals surface area contributed by atoms with Gasteiger partial charge >= 0.3 is 0 Å². The first-order chi connectivity index (χ1) is 6.52. The van der Waals surface area contributed by atoms with Gasteiger partial charge in [0.25, 0.3) is 0 Å². The van der Waals surface area contributed by atoms with Crippen molar-refractivity contribution >= 4 is 11.8 Å². The van der Waals surface area contributed by atoms with Crippen LogP contribution in [0.1, 0.15) is 40.0 Å². The Balaban J connectivity index is 2.11. The normalized spacial score (nSPS) is 44.6. The second-order valence-corrected chi connectivity index (χ2v) is 7.00. The lowest BCUT2D eigenvalue weighted by Crippen LogP contribution is -2.34. The van der Waals surface area contributed by atoms with Gasteiger partial charge in [0.1, 0.15) is 0 Å². The maximum Gasteiger partial charge on any atom is 0.0521 e. The number of hydrogen-bond acceptors (Lipinski definition) is 2. The van der Waals surface area contributed by atoms with Gasteiger partial charge in [0, 0.05) is 11.0 Å². The molecule has 2 aliphatic rings. The van der Waals surface area contributed by atoms with Crippen molar-refractivity contribution in [3.8, 4) is 0 Å². The molecule has 2 unspecified atom stereocenters. The van der Waals surface area contributed by atoms with Crippen molar-refractivity contribution in [3.05, 3.63) is 0 Å². The van der Waals surface area contributed by atoms with E-state index in [0.29, 0.717) is 17.4 Å². The summed E-state index contributed by atoms with van der Waals surface area (Å²) < 4.78 is 0. The minimum atomic E-state index is 0.336. The lowest BCUT2D eigenvalue weighted by Gasteiger charge is -2.39. The molecule has 2 heteroatoms. The Morgan fingerprint density at radius 2 is 2.07 bits per heavy atom. The Bertz CT molecular complexity index is 226. The van der Waals surface area contributed by atoms with E-state index in [2.05, 4.69) is 20.8 Å². The third-order valence-corrected chi connectivity index (χ3v) is 6.66. The van der Waals surface area contributed by atoms with E-state index in [9.17, 15) is 0 Å². The van der Waals surface area contributed by atoms with Gasteiger partial charge in [0.05, 0.1) is 6.61 Å². The fourth-order valence-electron chi connectivity index (χ4n) is 3.58. The zero-order valence-corrected chi connectivity index (χ0v) is 10.4. The molecular weight excluding hydrogens is 192 g/mol. The highest BCUT2D eigenvalue weighted by molar-refractivity contribution is 7.99. The van der Waals surface area contributed by atoms with Gasteiger partial charge in [-0.1, -0.05) is 20.8 Å². The number of aliphatic hydroxyl groups is 1. The SMILES string of the molecule is CC1(C)C2CCC1(C)[C@H](SCCO)C2. The third-order valence-electron chi connectivity index (χ3n) is 5.12. The predicted octanol–water partition coefficient (Wildman–Crippen LogP) is 2.93. The predicted molar refractivity (Wildman–Crippen MR) is 62.6 cm³/mol. The molecule has 3 atom stereocenters. The monoisotopic (exact) mass is 214 g/mol. The summed E-state index contributed by atoms with van der Waals surface area (Å²) in [4.78, 5) is 0. The van der Waals surface area contributed by atoms with Gasteiger partial charge in [-0.15, -0.1) is 0 Å². The summed E-state index contributed by atoms with van der Waals surface area (Å²) in [5.41, 5.74) is 1.05. The van der Waals surface area contributed by atoms with E-state index >= 15 is 0 Å². The van der Waals surface area contributed by atoms with Crippen molar-refractivity contribution < 1.29 is 5.11 Å². The molecule has 0 aliphatic heterocycles. The van der Waals surface area contributed by atoms with E-state index in [-0.39, 0.29) is 0 Å². The summed E-state index contributed by atoms with van der Waals surface area (Å²) in [6.45, 7) is 7.70. The van der Waals surface area contributed by atoms with Crippen LogP contribution in [-0.4, -0.2) is 22.7 Å². The van der Waals surface area contributed by atoms with Crippen LogP contribution in [0.5, 0.6) is 0 Å². The van der Waals surface area contributed by atoms with E-state index in [4.69, 9.17) is 5.11 Å². The van der Waals surface area contributed by atoms with E-state index in [0.717, 1.165) is 16.9 Å². The van der Waals surface area contributed by atoms with Crippen LogP contribution >= 0.6 is 11.8 Å². The summed E-state index contributed by atoms with van der Waals surface area (Å²) in [7, 11) is 0. The highest BCUT2D eigenvalue weighted by atomic mass is 32.2. The van der Waals surface area contributed by atoms with Crippen LogP contribution in [0.4, 0.5) is 0 Å². The molecule has 0 aromatic carbocycles. The molecular formula is C12H22OS. The maximum absolute atomic E-state index is 8.89. The largest absolute Gasteiger partial charge is 0.396 e. The molecule has 0 aromatic heterocycles. The fourth-order valence-corrected chi connectivity index (χ4v) is 5.13. The Labute approximate surface area is 91.7 Å². The molecule has 14 heavy (non-hydrogen) atoms. The number of thioether (sulfide) groups is 1. The van der Waals surface area contributed by atoms with Crippen LogP contribution in [0, 0.1) is 16.7 Å². The maximum atomic E-state index is 8.89. The number of rotatable bonds is 3. The minimum absolute atomic E-state index is 0.336. The highest BCUT2D eigenvalue weighted by Crippen LogP contribution is 2.68. The molecule has 0 heterocycles. The van der Waals surface area contributed by atoms with Gasteiger partial charge in [-0.25, -0.2) is 0 Å². The summed E-state index contributed by atoms with van der Waals surface area (Å²) in [5, 5.41) is 9.68. The van der Waals surface area contributed by atoms with Crippen molar-refractivity contribution in [1.82, 2.24) is 0 Å². The van der Waals surface area contributed by atoms with Crippen molar-refractivity contribution in [2.45, 2.75) is 45.3 Å². The van der Waals surface area contributed by atoms with Crippen molar-refractivity contribution in [3.63, 3.8) is 0 Å². The van der Waals surface area contributed by atoms with Crippen molar-refractivity contribution in [2.24, 2.45) is 16.7 Å². The van der Waals surface area contributed by atoms with Crippen LogP contribution in [0.15, 0.2) is 0 Å². The quantitative estimate of drug-likeness (QED) is 0.779. The average molecular weight is 214 g/mol. The van der Waals surface area contributed by atoms with Crippen LogP contribution < -0.4 is 0 Å². The van der Waals surface area contributed by atoms with Crippen molar-refractivity contribution in [2.75, 3.05) is 12.4 Å². The van der Waals surface area contributed by atoms with Gasteiger partial charge in [0.15, 0.2) is 0 Å². The van der Waals surface area contributed by atoms with Crippen LogP contribution in [0.25, 0.3) is 0 Å². The molecule has 0 spiro atoms. The third kappa shape index (κ3) is 1.26. The van der Waals surface area contributed by atoms with Gasteiger partial charge in [-0.2, -0.15) is 11.8 Å². The Kier molecular flexibility index (Phi) is 2.64. The summed E-state index contributed by atoms with van der Waals surface area (Å²) in [6, 6.07) is 0. The Morgan fingerprint density at radius 3 is 2.50 bits per heavy atom. The number of fused-ring (bicyclic) bond motifs is 2. The lowest BCUT2D eigenvalue weighted by atomic mass is 9.71.